The van der Waals surface area contributed by atoms with Crippen molar-refractivity contribution in [3.8, 4) is 5.75 Å². The number of cyclic esters (lactones) is 1. The van der Waals surface area contributed by atoms with Crippen LogP contribution in [-0.4, -0.2) is 29.9 Å². The van der Waals surface area contributed by atoms with Gasteiger partial charge >= 0.3 is 5.97 Å². The minimum atomic E-state index is -0.563. The molecular formula is C20H17NO6. The average molecular weight is 367 g/mol. The predicted octanol–water partition coefficient (Wildman–Crippen LogP) is 3.44. The Hall–Kier alpha value is -3.48. The van der Waals surface area contributed by atoms with E-state index in [1.807, 2.05) is 6.07 Å². The second-order valence-electron chi connectivity index (χ2n) is 6.08. The first-order valence-electron chi connectivity index (χ1n) is 8.28. The van der Waals surface area contributed by atoms with Gasteiger partial charge in [-0.3, -0.25) is 14.9 Å². The van der Waals surface area contributed by atoms with Gasteiger partial charge in [-0.15, -0.1) is 0 Å². The molecule has 0 radical (unpaired) electrons. The van der Waals surface area contributed by atoms with E-state index in [-0.39, 0.29) is 17.9 Å². The Morgan fingerprint density at radius 3 is 2.59 bits per heavy atom. The molecule has 2 aromatic rings. The first kappa shape index (κ1) is 18.3. The Morgan fingerprint density at radius 2 is 2.00 bits per heavy atom. The molecule has 1 heterocycles. The number of rotatable bonds is 7. The molecule has 2 atom stereocenters. The lowest BCUT2D eigenvalue weighted by Crippen LogP contribution is -2.22. The van der Waals surface area contributed by atoms with Crippen molar-refractivity contribution in [3.05, 3.63) is 81.9 Å². The summed E-state index contributed by atoms with van der Waals surface area (Å²) in [5, 5.41) is 10.8. The zero-order valence-electron chi connectivity index (χ0n) is 14.5. The Morgan fingerprint density at radius 1 is 1.26 bits per heavy atom. The number of non-ortho nitro benzene ring substituents is 1. The fraction of sp³-hybridized carbons (Fsp3) is 0.200. The number of carbonyl (C=O) groups excluding carboxylic acids is 2. The summed E-state index contributed by atoms with van der Waals surface area (Å²) < 4.78 is 10.5. The van der Waals surface area contributed by atoms with Gasteiger partial charge in [0.05, 0.1) is 12.0 Å². The number of hydrogen-bond donors (Lipinski definition) is 0. The molecule has 1 aliphatic rings. The second-order valence-corrected chi connectivity index (χ2v) is 6.08. The maximum atomic E-state index is 12.7. The summed E-state index contributed by atoms with van der Waals surface area (Å²) in [5.41, 5.74) is 1.08. The lowest BCUT2D eigenvalue weighted by atomic mass is 9.87. The van der Waals surface area contributed by atoms with Gasteiger partial charge in [0.15, 0.2) is 5.78 Å². The van der Waals surface area contributed by atoms with E-state index in [0.29, 0.717) is 11.3 Å². The van der Waals surface area contributed by atoms with E-state index in [1.165, 1.54) is 30.3 Å². The second kappa shape index (κ2) is 7.82. The maximum Gasteiger partial charge on any atom is 0.331 e. The highest BCUT2D eigenvalue weighted by atomic mass is 16.6. The van der Waals surface area contributed by atoms with Gasteiger partial charge in [-0.25, -0.2) is 4.79 Å². The average Bonchev–Trinajstić information content (AvgIpc) is 3.12. The van der Waals surface area contributed by atoms with Crippen LogP contribution in [0.25, 0.3) is 0 Å². The van der Waals surface area contributed by atoms with Crippen LogP contribution in [0.2, 0.25) is 0 Å². The van der Waals surface area contributed by atoms with E-state index in [4.69, 9.17) is 9.47 Å². The molecule has 0 spiro atoms. The van der Waals surface area contributed by atoms with E-state index in [0.717, 1.165) is 5.56 Å². The molecule has 0 fully saturated rings. The van der Waals surface area contributed by atoms with Crippen LogP contribution >= 0.6 is 0 Å². The van der Waals surface area contributed by atoms with Crippen molar-refractivity contribution in [1.82, 2.24) is 0 Å². The third-order valence-electron chi connectivity index (χ3n) is 4.40. The minimum absolute atomic E-state index is 0.0767. The smallest absolute Gasteiger partial charge is 0.331 e. The molecule has 0 aliphatic carbocycles. The first-order chi connectivity index (χ1) is 13.0. The summed E-state index contributed by atoms with van der Waals surface area (Å²) in [4.78, 5) is 34.5. The number of methoxy groups -OCH3 is 1. The molecule has 7 nitrogen and oxygen atoms in total. The number of Topliss-reactive ketones (excluding diaryl/α,β-unsaturated/α-hetero) is 1. The quantitative estimate of drug-likeness (QED) is 0.322. The van der Waals surface area contributed by atoms with Crippen LogP contribution in [0, 0.1) is 10.1 Å². The van der Waals surface area contributed by atoms with Gasteiger partial charge in [-0.1, -0.05) is 12.1 Å². The first-order valence-corrected chi connectivity index (χ1v) is 8.28. The fourth-order valence-electron chi connectivity index (χ4n) is 2.98. The predicted molar refractivity (Wildman–Crippen MR) is 96.8 cm³/mol. The van der Waals surface area contributed by atoms with Crippen molar-refractivity contribution < 1.29 is 24.0 Å². The molecule has 0 N–H and O–H groups in total. The van der Waals surface area contributed by atoms with Crippen molar-refractivity contribution in [2.45, 2.75) is 18.4 Å². The standard InChI is InChI=1S/C20H17NO6/c1-26-16-4-2-3-14(11-16)17(19-9-10-20(23)27-19)12-18(22)13-5-7-15(8-6-13)21(24)25/h2-11,17,19H,12H2,1H3/t17-,19+/m1/s1. The lowest BCUT2D eigenvalue weighted by Gasteiger charge is -2.22. The number of esters is 1. The normalized spacial score (nSPS) is 16.6. The van der Waals surface area contributed by atoms with Crippen LogP contribution in [0.1, 0.15) is 28.3 Å². The zero-order chi connectivity index (χ0) is 19.4. The largest absolute Gasteiger partial charge is 0.497 e. The van der Waals surface area contributed by atoms with Crippen LogP contribution < -0.4 is 4.74 Å². The van der Waals surface area contributed by atoms with Crippen LogP contribution in [0.15, 0.2) is 60.7 Å². The van der Waals surface area contributed by atoms with E-state index in [9.17, 15) is 19.7 Å². The molecule has 1 aliphatic heterocycles. The summed E-state index contributed by atoms with van der Waals surface area (Å²) in [6.07, 6.45) is 2.49. The van der Waals surface area contributed by atoms with Crippen LogP contribution in [0.3, 0.4) is 0 Å². The van der Waals surface area contributed by atoms with Gasteiger partial charge in [-0.05, 0) is 35.9 Å². The van der Waals surface area contributed by atoms with Gasteiger partial charge in [-0.2, -0.15) is 0 Å². The number of carbonyl (C=O) groups is 2. The van der Waals surface area contributed by atoms with Gasteiger partial charge in [0.2, 0.25) is 0 Å². The molecule has 0 saturated carbocycles. The number of hydrogen-bond acceptors (Lipinski definition) is 6. The molecule has 0 saturated heterocycles. The third kappa shape index (κ3) is 4.20. The SMILES string of the molecule is COc1cccc([C@@H](CC(=O)c2ccc([N+](=O)[O-])cc2)[C@@H]2C=CC(=O)O2)c1. The third-order valence-corrected chi connectivity index (χ3v) is 4.40. The topological polar surface area (TPSA) is 95.7 Å². The van der Waals surface area contributed by atoms with Crippen molar-refractivity contribution in [2.24, 2.45) is 0 Å². The van der Waals surface area contributed by atoms with Crippen molar-refractivity contribution in [1.29, 1.82) is 0 Å². The fourth-order valence-corrected chi connectivity index (χ4v) is 2.98. The number of ether oxygens (including phenoxy) is 2. The van der Waals surface area contributed by atoms with Gasteiger partial charge < -0.3 is 9.47 Å². The Kier molecular flexibility index (Phi) is 5.30. The number of nitro benzene ring substituents is 1. The Labute approximate surface area is 155 Å². The van der Waals surface area contributed by atoms with E-state index >= 15 is 0 Å². The van der Waals surface area contributed by atoms with E-state index in [1.54, 1.807) is 31.4 Å². The molecule has 27 heavy (non-hydrogen) atoms. The molecule has 3 rings (SSSR count). The Bertz CT molecular complexity index is 903. The molecule has 2 aromatic carbocycles. The number of nitro groups is 1. The summed E-state index contributed by atoms with van der Waals surface area (Å²) in [7, 11) is 1.55. The molecule has 0 bridgehead atoms. The summed E-state index contributed by atoms with van der Waals surface area (Å²) >= 11 is 0. The molecule has 0 unspecified atom stereocenters. The van der Waals surface area contributed by atoms with E-state index < -0.39 is 22.9 Å². The summed E-state index contributed by atoms with van der Waals surface area (Å²) in [6, 6.07) is 12.7. The molecule has 138 valence electrons. The van der Waals surface area contributed by atoms with Gasteiger partial charge in [0.1, 0.15) is 11.9 Å². The monoisotopic (exact) mass is 367 g/mol. The Balaban J connectivity index is 1.86. The van der Waals surface area contributed by atoms with E-state index in [2.05, 4.69) is 0 Å². The highest BCUT2D eigenvalue weighted by molar-refractivity contribution is 5.97. The van der Waals surface area contributed by atoms with Crippen LogP contribution in [0.5, 0.6) is 5.75 Å². The van der Waals surface area contributed by atoms with Gasteiger partial charge in [0.25, 0.3) is 5.69 Å². The number of nitrogens with zero attached hydrogens (tertiary/aromatic N) is 1. The lowest BCUT2D eigenvalue weighted by molar-refractivity contribution is -0.384. The minimum Gasteiger partial charge on any atom is -0.497 e. The summed E-state index contributed by atoms with van der Waals surface area (Å²) in [5.74, 6) is -0.413. The van der Waals surface area contributed by atoms with Gasteiger partial charge in [0, 0.05) is 36.1 Å². The van der Waals surface area contributed by atoms with Crippen molar-refractivity contribution >= 4 is 17.4 Å². The maximum absolute atomic E-state index is 12.7. The number of benzene rings is 2. The van der Waals surface area contributed by atoms with Crippen molar-refractivity contribution in [2.75, 3.05) is 7.11 Å². The van der Waals surface area contributed by atoms with Crippen molar-refractivity contribution in [3.63, 3.8) is 0 Å². The highest BCUT2D eigenvalue weighted by Crippen LogP contribution is 2.32. The summed E-state index contributed by atoms with van der Waals surface area (Å²) in [6.45, 7) is 0. The van der Waals surface area contributed by atoms with Crippen LogP contribution in [-0.2, 0) is 9.53 Å². The number of ketones is 1. The zero-order valence-corrected chi connectivity index (χ0v) is 14.5. The molecule has 7 heteroatoms. The molecular weight excluding hydrogens is 350 g/mol. The highest BCUT2D eigenvalue weighted by Gasteiger charge is 2.30. The molecule has 0 aromatic heterocycles. The van der Waals surface area contributed by atoms with Crippen LogP contribution in [0.4, 0.5) is 5.69 Å². The molecule has 0 amide bonds.